The minimum absolute atomic E-state index is 0.0686. The molecule has 0 fully saturated rings. The summed E-state index contributed by atoms with van der Waals surface area (Å²) in [5, 5.41) is 4.06. The first-order valence-electron chi connectivity index (χ1n) is 7.09. The van der Waals surface area contributed by atoms with Crippen LogP contribution in [-0.4, -0.2) is 16.5 Å². The lowest BCUT2D eigenvalue weighted by Gasteiger charge is -2.15. The van der Waals surface area contributed by atoms with Crippen molar-refractivity contribution in [3.8, 4) is 0 Å². The molecule has 1 aromatic carbocycles. The SMILES string of the molecule is CCCC(C)NC(=O)Cn1ccc(=O)c2ccc(Cl)cc21. The lowest BCUT2D eigenvalue weighted by molar-refractivity contribution is -0.122. The summed E-state index contributed by atoms with van der Waals surface area (Å²) in [5.41, 5.74) is 0.603. The number of benzene rings is 1. The molecule has 1 N–H and O–H groups in total. The minimum Gasteiger partial charge on any atom is -0.352 e. The highest BCUT2D eigenvalue weighted by Crippen LogP contribution is 2.16. The maximum Gasteiger partial charge on any atom is 0.240 e. The molecule has 112 valence electrons. The molecule has 1 aromatic heterocycles. The van der Waals surface area contributed by atoms with Gasteiger partial charge >= 0.3 is 0 Å². The second-order valence-electron chi connectivity index (χ2n) is 5.23. The lowest BCUT2D eigenvalue weighted by atomic mass is 10.2. The number of carbonyl (C=O) groups excluding carboxylic acids is 1. The van der Waals surface area contributed by atoms with Gasteiger partial charge in [-0.1, -0.05) is 24.9 Å². The number of hydrogen-bond acceptors (Lipinski definition) is 2. The van der Waals surface area contributed by atoms with E-state index in [-0.39, 0.29) is 23.9 Å². The van der Waals surface area contributed by atoms with Crippen LogP contribution in [0.15, 0.2) is 35.3 Å². The third-order valence-corrected chi connectivity index (χ3v) is 3.62. The normalized spacial score (nSPS) is 12.3. The van der Waals surface area contributed by atoms with E-state index in [9.17, 15) is 9.59 Å². The highest BCUT2D eigenvalue weighted by molar-refractivity contribution is 6.31. The summed E-state index contributed by atoms with van der Waals surface area (Å²) in [6.45, 7) is 4.24. The number of nitrogens with one attached hydrogen (secondary N) is 1. The molecule has 0 radical (unpaired) electrons. The van der Waals surface area contributed by atoms with E-state index in [1.165, 1.54) is 6.07 Å². The first-order valence-corrected chi connectivity index (χ1v) is 7.47. The van der Waals surface area contributed by atoms with Crippen LogP contribution < -0.4 is 10.7 Å². The van der Waals surface area contributed by atoms with E-state index < -0.39 is 0 Å². The van der Waals surface area contributed by atoms with E-state index >= 15 is 0 Å². The molecular formula is C16H19ClN2O2. The number of rotatable bonds is 5. The van der Waals surface area contributed by atoms with Crippen LogP contribution >= 0.6 is 11.6 Å². The van der Waals surface area contributed by atoms with E-state index in [4.69, 9.17) is 11.6 Å². The molecule has 2 aromatic rings. The predicted molar refractivity (Wildman–Crippen MR) is 85.7 cm³/mol. The zero-order valence-corrected chi connectivity index (χ0v) is 13.0. The van der Waals surface area contributed by atoms with E-state index in [0.29, 0.717) is 15.9 Å². The summed E-state index contributed by atoms with van der Waals surface area (Å²) in [6.07, 6.45) is 3.60. The average molecular weight is 307 g/mol. The largest absolute Gasteiger partial charge is 0.352 e. The fourth-order valence-corrected chi connectivity index (χ4v) is 2.56. The molecule has 1 unspecified atom stereocenters. The Morgan fingerprint density at radius 2 is 2.14 bits per heavy atom. The van der Waals surface area contributed by atoms with Crippen LogP contribution in [0.2, 0.25) is 5.02 Å². The molecule has 1 amide bonds. The summed E-state index contributed by atoms with van der Waals surface area (Å²) in [4.78, 5) is 23.9. The molecule has 21 heavy (non-hydrogen) atoms. The van der Waals surface area contributed by atoms with Gasteiger partial charge < -0.3 is 9.88 Å². The first-order chi connectivity index (χ1) is 10.0. The summed E-state index contributed by atoms with van der Waals surface area (Å²) in [7, 11) is 0. The highest BCUT2D eigenvalue weighted by atomic mass is 35.5. The van der Waals surface area contributed by atoms with Crippen molar-refractivity contribution in [2.75, 3.05) is 0 Å². The molecule has 0 aliphatic rings. The number of carbonyl (C=O) groups is 1. The molecule has 4 nitrogen and oxygen atoms in total. The highest BCUT2D eigenvalue weighted by Gasteiger charge is 2.09. The zero-order valence-electron chi connectivity index (χ0n) is 12.2. The summed E-state index contributed by atoms with van der Waals surface area (Å²) < 4.78 is 1.75. The van der Waals surface area contributed by atoms with Crippen molar-refractivity contribution in [3.63, 3.8) is 0 Å². The number of aromatic nitrogens is 1. The van der Waals surface area contributed by atoms with Gasteiger partial charge in [-0.15, -0.1) is 0 Å². The van der Waals surface area contributed by atoms with Gasteiger partial charge in [0.1, 0.15) is 6.54 Å². The van der Waals surface area contributed by atoms with Gasteiger partial charge in [0.15, 0.2) is 5.43 Å². The van der Waals surface area contributed by atoms with Gasteiger partial charge in [-0.2, -0.15) is 0 Å². The van der Waals surface area contributed by atoms with Gasteiger partial charge in [0, 0.05) is 28.7 Å². The van der Waals surface area contributed by atoms with Crippen molar-refractivity contribution >= 4 is 28.4 Å². The fourth-order valence-electron chi connectivity index (χ4n) is 2.40. The monoisotopic (exact) mass is 306 g/mol. The second kappa shape index (κ2) is 6.76. The Bertz CT molecular complexity index is 709. The molecule has 0 bridgehead atoms. The molecule has 0 saturated heterocycles. The molecule has 0 aliphatic heterocycles. The molecule has 2 rings (SSSR count). The van der Waals surface area contributed by atoms with Crippen molar-refractivity contribution in [2.24, 2.45) is 0 Å². The maximum absolute atomic E-state index is 12.1. The van der Waals surface area contributed by atoms with Crippen LogP contribution in [0, 0.1) is 0 Å². The van der Waals surface area contributed by atoms with Gasteiger partial charge in [0.2, 0.25) is 5.91 Å². The van der Waals surface area contributed by atoms with Crippen molar-refractivity contribution in [2.45, 2.75) is 39.3 Å². The van der Waals surface area contributed by atoms with Crippen LogP contribution in [-0.2, 0) is 11.3 Å². The van der Waals surface area contributed by atoms with Gasteiger partial charge in [-0.05, 0) is 31.5 Å². The van der Waals surface area contributed by atoms with Crippen molar-refractivity contribution in [1.82, 2.24) is 9.88 Å². The molecule has 5 heteroatoms. The summed E-state index contributed by atoms with van der Waals surface area (Å²) in [6, 6.07) is 6.70. The number of pyridine rings is 1. The topological polar surface area (TPSA) is 51.1 Å². The number of fused-ring (bicyclic) bond motifs is 1. The number of hydrogen-bond donors (Lipinski definition) is 1. The van der Waals surface area contributed by atoms with Crippen molar-refractivity contribution < 1.29 is 4.79 Å². The Labute approximate surface area is 128 Å². The second-order valence-corrected chi connectivity index (χ2v) is 5.66. The van der Waals surface area contributed by atoms with E-state index in [0.717, 1.165) is 12.8 Å². The predicted octanol–water partition coefficient (Wildman–Crippen LogP) is 2.96. The Balaban J connectivity index is 2.26. The molecular weight excluding hydrogens is 288 g/mol. The first kappa shape index (κ1) is 15.6. The van der Waals surface area contributed by atoms with Gasteiger partial charge in [-0.3, -0.25) is 9.59 Å². The Morgan fingerprint density at radius 1 is 1.38 bits per heavy atom. The number of amides is 1. The number of halogens is 1. The van der Waals surface area contributed by atoms with Crippen LogP contribution in [0.25, 0.3) is 10.9 Å². The van der Waals surface area contributed by atoms with Crippen molar-refractivity contribution in [3.05, 3.63) is 45.7 Å². The molecule has 1 atom stereocenters. The van der Waals surface area contributed by atoms with Crippen molar-refractivity contribution in [1.29, 1.82) is 0 Å². The number of nitrogens with zero attached hydrogens (tertiary/aromatic N) is 1. The molecule has 0 aliphatic carbocycles. The average Bonchev–Trinajstić information content (AvgIpc) is 2.42. The van der Waals surface area contributed by atoms with Crippen LogP contribution in [0.1, 0.15) is 26.7 Å². The fraction of sp³-hybridized carbons (Fsp3) is 0.375. The minimum atomic E-state index is -0.0716. The molecule has 1 heterocycles. The third-order valence-electron chi connectivity index (χ3n) is 3.38. The van der Waals surface area contributed by atoms with Gasteiger partial charge in [0.25, 0.3) is 0 Å². The quantitative estimate of drug-likeness (QED) is 0.923. The molecule has 0 spiro atoms. The van der Waals surface area contributed by atoms with Gasteiger partial charge in [-0.25, -0.2) is 0 Å². The Hall–Kier alpha value is -1.81. The summed E-state index contributed by atoms with van der Waals surface area (Å²) >= 11 is 5.99. The third kappa shape index (κ3) is 3.85. The van der Waals surface area contributed by atoms with Gasteiger partial charge in [0.05, 0.1) is 5.52 Å². The van der Waals surface area contributed by atoms with Crippen LogP contribution in [0.3, 0.4) is 0 Å². The molecule has 0 saturated carbocycles. The lowest BCUT2D eigenvalue weighted by Crippen LogP contribution is -2.35. The Kier molecular flexibility index (Phi) is 5.02. The smallest absolute Gasteiger partial charge is 0.240 e. The van der Waals surface area contributed by atoms with E-state index in [1.807, 2.05) is 6.92 Å². The summed E-state index contributed by atoms with van der Waals surface area (Å²) in [5.74, 6) is -0.0686. The van der Waals surface area contributed by atoms with Crippen LogP contribution in [0.4, 0.5) is 0 Å². The zero-order chi connectivity index (χ0) is 15.4. The Morgan fingerprint density at radius 3 is 2.86 bits per heavy atom. The van der Waals surface area contributed by atoms with E-state index in [2.05, 4.69) is 12.2 Å². The maximum atomic E-state index is 12.1. The van der Waals surface area contributed by atoms with E-state index in [1.54, 1.807) is 29.0 Å². The van der Waals surface area contributed by atoms with Crippen LogP contribution in [0.5, 0.6) is 0 Å². The standard InChI is InChI=1S/C16H19ClN2O2/c1-3-4-11(2)18-16(21)10-19-8-7-15(20)13-6-5-12(17)9-14(13)19/h5-9,11H,3-4,10H2,1-2H3,(H,18,21).